The number of fused-ring (bicyclic) bond motifs is 1. The fourth-order valence-electron chi connectivity index (χ4n) is 4.77. The Balaban J connectivity index is 1.28. The van der Waals surface area contributed by atoms with Crippen LogP contribution in [0, 0.1) is 5.92 Å². The van der Waals surface area contributed by atoms with Crippen LogP contribution in [0.2, 0.25) is 0 Å². The van der Waals surface area contributed by atoms with Crippen molar-refractivity contribution >= 4 is 6.09 Å². The molecule has 0 N–H and O–H groups in total. The molecule has 1 saturated heterocycles. The molecular weight excluding hydrogens is 404 g/mol. The number of carbonyl (C=O) groups excluding carboxylic acids is 1. The summed E-state index contributed by atoms with van der Waals surface area (Å²) in [4.78, 5) is 21.1. The van der Waals surface area contributed by atoms with E-state index in [1.807, 2.05) is 42.6 Å². The molecule has 0 bridgehead atoms. The lowest BCUT2D eigenvalue weighted by Gasteiger charge is -2.33. The van der Waals surface area contributed by atoms with E-state index in [1.54, 1.807) is 0 Å². The number of amides is 1. The fourth-order valence-corrected chi connectivity index (χ4v) is 4.77. The molecule has 0 aromatic carbocycles. The van der Waals surface area contributed by atoms with Crippen molar-refractivity contribution in [2.24, 2.45) is 5.92 Å². The lowest BCUT2D eigenvalue weighted by molar-refractivity contribution is 0.0177. The van der Waals surface area contributed by atoms with Gasteiger partial charge in [0.25, 0.3) is 0 Å². The quantitative estimate of drug-likeness (QED) is 0.703. The predicted molar refractivity (Wildman–Crippen MR) is 122 cm³/mol. The Morgan fingerprint density at radius 1 is 1.25 bits per heavy atom. The van der Waals surface area contributed by atoms with Crippen molar-refractivity contribution in [1.29, 1.82) is 0 Å². The molecular formula is C24H36N6O2. The Morgan fingerprint density at radius 2 is 2.03 bits per heavy atom. The van der Waals surface area contributed by atoms with Gasteiger partial charge in [0.05, 0.1) is 17.4 Å². The second-order valence-corrected chi connectivity index (χ2v) is 10.2. The highest BCUT2D eigenvalue weighted by Crippen LogP contribution is 2.32. The molecule has 2 aromatic heterocycles. The highest BCUT2D eigenvalue weighted by atomic mass is 16.6. The van der Waals surface area contributed by atoms with Crippen molar-refractivity contribution < 1.29 is 9.53 Å². The first kappa shape index (κ1) is 22.7. The van der Waals surface area contributed by atoms with Crippen LogP contribution in [0.3, 0.4) is 0 Å². The van der Waals surface area contributed by atoms with Crippen LogP contribution in [-0.4, -0.2) is 61.6 Å². The van der Waals surface area contributed by atoms with Crippen LogP contribution in [0.4, 0.5) is 4.79 Å². The molecule has 0 saturated carbocycles. The lowest BCUT2D eigenvalue weighted by Crippen LogP contribution is -2.42. The molecule has 8 heteroatoms. The topological polar surface area (TPSA) is 76.4 Å². The van der Waals surface area contributed by atoms with Gasteiger partial charge < -0.3 is 9.64 Å². The Kier molecular flexibility index (Phi) is 6.79. The minimum Gasteiger partial charge on any atom is -0.444 e. The van der Waals surface area contributed by atoms with Gasteiger partial charge in [-0.3, -0.25) is 14.6 Å². The van der Waals surface area contributed by atoms with E-state index in [4.69, 9.17) is 4.74 Å². The van der Waals surface area contributed by atoms with Gasteiger partial charge >= 0.3 is 6.09 Å². The molecule has 1 aliphatic carbocycles. The van der Waals surface area contributed by atoms with Crippen LogP contribution in [0.5, 0.6) is 0 Å². The lowest BCUT2D eigenvalue weighted by atomic mass is 9.91. The molecule has 1 fully saturated rings. The Morgan fingerprint density at radius 3 is 2.78 bits per heavy atom. The average molecular weight is 441 g/mol. The van der Waals surface area contributed by atoms with E-state index in [0.717, 1.165) is 57.6 Å². The minimum atomic E-state index is -0.450. The summed E-state index contributed by atoms with van der Waals surface area (Å²) in [5, 5.41) is 8.80. The number of rotatable bonds is 5. The second-order valence-electron chi connectivity index (χ2n) is 10.2. The number of piperidine rings is 1. The molecule has 32 heavy (non-hydrogen) atoms. The molecule has 0 spiro atoms. The molecule has 1 atom stereocenters. The number of nitrogens with zero attached hydrogens (tertiary/aromatic N) is 6. The third-order valence-electron chi connectivity index (χ3n) is 6.41. The van der Waals surface area contributed by atoms with Crippen molar-refractivity contribution in [1.82, 2.24) is 29.8 Å². The van der Waals surface area contributed by atoms with Gasteiger partial charge in [0.15, 0.2) is 0 Å². The van der Waals surface area contributed by atoms with Crippen LogP contribution in [-0.2, 0) is 24.2 Å². The Labute approximate surface area is 190 Å². The number of aryl methyl sites for hydroxylation is 1. The Hall–Kier alpha value is -2.48. The van der Waals surface area contributed by atoms with E-state index in [2.05, 4.69) is 39.5 Å². The van der Waals surface area contributed by atoms with Crippen LogP contribution >= 0.6 is 0 Å². The fraction of sp³-hybridized carbons (Fsp3) is 0.667. The van der Waals surface area contributed by atoms with Crippen molar-refractivity contribution in [3.8, 4) is 0 Å². The third kappa shape index (κ3) is 5.65. The molecule has 2 aromatic rings. The molecule has 4 rings (SSSR count). The van der Waals surface area contributed by atoms with Crippen molar-refractivity contribution in [3.63, 3.8) is 0 Å². The normalized spacial score (nSPS) is 19.8. The van der Waals surface area contributed by atoms with E-state index in [1.165, 1.54) is 17.7 Å². The number of likely N-dealkylation sites (tertiary alicyclic amines) is 1. The first-order valence-electron chi connectivity index (χ1n) is 11.8. The molecule has 1 amide bonds. The van der Waals surface area contributed by atoms with Crippen LogP contribution in [0.15, 0.2) is 24.5 Å². The third-order valence-corrected chi connectivity index (χ3v) is 6.41. The van der Waals surface area contributed by atoms with Crippen molar-refractivity contribution in [2.75, 3.05) is 20.1 Å². The number of aromatic nitrogens is 4. The van der Waals surface area contributed by atoms with Crippen molar-refractivity contribution in [3.05, 3.63) is 41.5 Å². The first-order chi connectivity index (χ1) is 15.3. The van der Waals surface area contributed by atoms with E-state index >= 15 is 0 Å². The van der Waals surface area contributed by atoms with Gasteiger partial charge in [-0.15, -0.1) is 5.10 Å². The number of ether oxygens (including phenoxy) is 1. The van der Waals surface area contributed by atoms with Gasteiger partial charge in [-0.25, -0.2) is 4.79 Å². The van der Waals surface area contributed by atoms with Crippen LogP contribution in [0.25, 0.3) is 0 Å². The van der Waals surface area contributed by atoms with Gasteiger partial charge in [-0.2, -0.15) is 0 Å². The number of hydrogen-bond donors (Lipinski definition) is 0. The maximum atomic E-state index is 12.3. The highest BCUT2D eigenvalue weighted by Gasteiger charge is 2.28. The summed E-state index contributed by atoms with van der Waals surface area (Å²) in [6, 6.07) is 4.57. The van der Waals surface area contributed by atoms with Gasteiger partial charge in [0.1, 0.15) is 5.60 Å². The summed E-state index contributed by atoms with van der Waals surface area (Å²) >= 11 is 0. The zero-order valence-electron chi connectivity index (χ0n) is 19.8. The zero-order valence-corrected chi connectivity index (χ0v) is 19.8. The zero-order chi connectivity index (χ0) is 22.7. The Bertz CT molecular complexity index is 913. The summed E-state index contributed by atoms with van der Waals surface area (Å²) in [6.45, 7) is 8.78. The highest BCUT2D eigenvalue weighted by molar-refractivity contribution is 5.68. The summed E-state index contributed by atoms with van der Waals surface area (Å²) in [7, 11) is 2.15. The number of carbonyl (C=O) groups is 1. The monoisotopic (exact) mass is 440 g/mol. The smallest absolute Gasteiger partial charge is 0.410 e. The van der Waals surface area contributed by atoms with Crippen LogP contribution in [0.1, 0.15) is 69.4 Å². The van der Waals surface area contributed by atoms with Gasteiger partial charge in [-0.05, 0) is 77.5 Å². The molecule has 3 heterocycles. The summed E-state index contributed by atoms with van der Waals surface area (Å²) in [6.07, 6.45) is 9.12. The van der Waals surface area contributed by atoms with Gasteiger partial charge in [0.2, 0.25) is 0 Å². The first-order valence-corrected chi connectivity index (χ1v) is 11.8. The number of pyridine rings is 1. The van der Waals surface area contributed by atoms with Crippen molar-refractivity contribution in [2.45, 2.75) is 77.6 Å². The standard InChI is InChI=1S/C24H36N6O2/c1-24(2,3)32-23(31)29-13-10-18(11-14-29)15-30-17-20(26-27-30)16-28(4)21-9-5-7-19-8-6-12-25-22(19)21/h6,8,12,17-18,21H,5,7,9-11,13-16H2,1-4H3. The van der Waals surface area contributed by atoms with E-state index in [9.17, 15) is 4.79 Å². The summed E-state index contributed by atoms with van der Waals surface area (Å²) in [5.41, 5.74) is 3.12. The maximum Gasteiger partial charge on any atom is 0.410 e. The maximum absolute atomic E-state index is 12.3. The molecule has 1 aliphatic heterocycles. The summed E-state index contributed by atoms with van der Waals surface area (Å²) < 4.78 is 7.46. The van der Waals surface area contributed by atoms with Gasteiger partial charge in [-0.1, -0.05) is 11.3 Å². The average Bonchev–Trinajstić information content (AvgIpc) is 3.19. The summed E-state index contributed by atoms with van der Waals surface area (Å²) in [5.74, 6) is 0.496. The van der Waals surface area contributed by atoms with E-state index < -0.39 is 5.60 Å². The predicted octanol–water partition coefficient (Wildman–Crippen LogP) is 3.83. The minimum absolute atomic E-state index is 0.208. The van der Waals surface area contributed by atoms with Gasteiger partial charge in [0, 0.05) is 38.6 Å². The van der Waals surface area contributed by atoms with Crippen LogP contribution < -0.4 is 0 Å². The largest absolute Gasteiger partial charge is 0.444 e. The number of hydrogen-bond acceptors (Lipinski definition) is 6. The van der Waals surface area contributed by atoms with E-state index in [-0.39, 0.29) is 6.09 Å². The second kappa shape index (κ2) is 9.57. The molecule has 0 radical (unpaired) electrons. The SMILES string of the molecule is CN(Cc1cn(CC2CCN(C(=O)OC(C)(C)C)CC2)nn1)C1CCCc2cccnc21. The molecule has 8 nitrogen and oxygen atoms in total. The molecule has 1 unspecified atom stereocenters. The molecule has 174 valence electrons. The molecule has 2 aliphatic rings. The van der Waals surface area contributed by atoms with E-state index in [0.29, 0.717) is 12.0 Å².